The summed E-state index contributed by atoms with van der Waals surface area (Å²) in [4.78, 5) is 6.91. The number of aliphatic hydroxyl groups excluding tert-OH is 1. The minimum Gasteiger partial charge on any atom is -0.504 e. The number of nitrogens with zero attached hydrogens (tertiary/aromatic N) is 4. The summed E-state index contributed by atoms with van der Waals surface area (Å²) in [5.74, 6) is 1.60. The first-order chi connectivity index (χ1) is 16.1. The molecule has 3 aliphatic heterocycles. The summed E-state index contributed by atoms with van der Waals surface area (Å²) in [5, 5.41) is 31.8. The molecule has 4 heterocycles. The van der Waals surface area contributed by atoms with Crippen molar-refractivity contribution < 1.29 is 14.9 Å². The second kappa shape index (κ2) is 9.08. The fourth-order valence-electron chi connectivity index (χ4n) is 5.57. The molecule has 3 fully saturated rings. The van der Waals surface area contributed by atoms with Gasteiger partial charge in [-0.1, -0.05) is 31.5 Å². The van der Waals surface area contributed by atoms with E-state index < -0.39 is 6.10 Å². The first-order valence-corrected chi connectivity index (χ1v) is 11.7. The molecule has 7 heteroatoms. The van der Waals surface area contributed by atoms with Crippen LogP contribution in [0.25, 0.3) is 10.9 Å². The molecule has 2 N–H and O–H groups in total. The van der Waals surface area contributed by atoms with Gasteiger partial charge in [0.15, 0.2) is 11.5 Å². The van der Waals surface area contributed by atoms with Gasteiger partial charge in [0.25, 0.3) is 0 Å². The van der Waals surface area contributed by atoms with Gasteiger partial charge in [-0.2, -0.15) is 5.11 Å². The van der Waals surface area contributed by atoms with Crippen LogP contribution in [0.1, 0.15) is 37.9 Å². The third kappa shape index (κ3) is 3.96. The Morgan fingerprint density at radius 3 is 2.73 bits per heavy atom. The quantitative estimate of drug-likeness (QED) is 0.487. The van der Waals surface area contributed by atoms with Crippen molar-refractivity contribution >= 4 is 22.3 Å². The Kier molecular flexibility index (Phi) is 6.00. The van der Waals surface area contributed by atoms with Crippen molar-refractivity contribution in [3.63, 3.8) is 0 Å². The average molecular weight is 447 g/mol. The maximum atomic E-state index is 11.5. The van der Waals surface area contributed by atoms with E-state index in [4.69, 9.17) is 4.74 Å². The maximum Gasteiger partial charge on any atom is 0.167 e. The summed E-state index contributed by atoms with van der Waals surface area (Å²) >= 11 is 0. The van der Waals surface area contributed by atoms with Crippen molar-refractivity contribution in [3.8, 4) is 11.5 Å². The number of benzene rings is 2. The van der Waals surface area contributed by atoms with Gasteiger partial charge >= 0.3 is 0 Å². The lowest BCUT2D eigenvalue weighted by atomic mass is 9.72. The summed E-state index contributed by atoms with van der Waals surface area (Å²) in [7, 11) is 1.50. The number of methoxy groups -OCH3 is 1. The number of phenols is 1. The molecule has 3 aromatic rings. The number of aromatic hydroxyl groups is 1. The van der Waals surface area contributed by atoms with Crippen LogP contribution < -0.4 is 4.74 Å². The van der Waals surface area contributed by atoms with Crippen molar-refractivity contribution in [3.05, 3.63) is 54.2 Å². The largest absolute Gasteiger partial charge is 0.504 e. The molecular weight excluding hydrogens is 416 g/mol. The lowest BCUT2D eigenvalue weighted by Crippen LogP contribution is -2.55. The van der Waals surface area contributed by atoms with Crippen molar-refractivity contribution in [2.24, 2.45) is 22.1 Å². The van der Waals surface area contributed by atoms with Crippen molar-refractivity contribution in [1.82, 2.24) is 9.88 Å². The van der Waals surface area contributed by atoms with Crippen LogP contribution in [0.2, 0.25) is 0 Å². The fourth-order valence-corrected chi connectivity index (χ4v) is 5.57. The van der Waals surface area contributed by atoms with Gasteiger partial charge in [-0.25, -0.2) is 0 Å². The van der Waals surface area contributed by atoms with E-state index in [0.29, 0.717) is 39.7 Å². The second-order valence-electron chi connectivity index (χ2n) is 9.07. The van der Waals surface area contributed by atoms with E-state index in [-0.39, 0.29) is 17.5 Å². The van der Waals surface area contributed by atoms with E-state index in [1.807, 2.05) is 30.3 Å². The molecule has 2 bridgehead atoms. The molecule has 6 rings (SSSR count). The number of azo groups is 1. The van der Waals surface area contributed by atoms with Gasteiger partial charge in [0.05, 0.1) is 24.3 Å². The van der Waals surface area contributed by atoms with E-state index in [0.717, 1.165) is 19.5 Å². The van der Waals surface area contributed by atoms with E-state index in [1.54, 1.807) is 18.3 Å². The molecule has 0 saturated carbocycles. The molecular formula is C26H30N4O3. The minimum atomic E-state index is -0.743. The molecule has 172 valence electrons. The van der Waals surface area contributed by atoms with Crippen molar-refractivity contribution in [1.29, 1.82) is 0 Å². The molecule has 3 saturated heterocycles. The lowest BCUT2D eigenvalue weighted by Gasteiger charge is -2.51. The predicted molar refractivity (Wildman–Crippen MR) is 127 cm³/mol. The Morgan fingerprint density at radius 1 is 1.21 bits per heavy atom. The number of hydrogen-bond acceptors (Lipinski definition) is 7. The maximum absolute atomic E-state index is 11.5. The van der Waals surface area contributed by atoms with Crippen LogP contribution in [0.15, 0.2) is 58.9 Å². The number of ether oxygens (including phenoxy) is 1. The van der Waals surface area contributed by atoms with Crippen LogP contribution in [0, 0.1) is 11.8 Å². The van der Waals surface area contributed by atoms with Crippen LogP contribution in [0.5, 0.6) is 11.5 Å². The zero-order chi connectivity index (χ0) is 22.9. The minimum absolute atomic E-state index is 0.0251. The summed E-state index contributed by atoms with van der Waals surface area (Å²) < 4.78 is 5.43. The first kappa shape index (κ1) is 21.8. The molecule has 1 aromatic heterocycles. The second-order valence-corrected chi connectivity index (χ2v) is 9.07. The molecule has 0 aliphatic carbocycles. The van der Waals surface area contributed by atoms with Gasteiger partial charge in [-0.15, -0.1) is 5.11 Å². The van der Waals surface area contributed by atoms with E-state index in [9.17, 15) is 10.2 Å². The van der Waals surface area contributed by atoms with Crippen molar-refractivity contribution in [2.75, 3.05) is 20.2 Å². The number of hydrogen-bond donors (Lipinski definition) is 2. The third-order valence-electron chi connectivity index (χ3n) is 7.36. The summed E-state index contributed by atoms with van der Waals surface area (Å²) in [6.07, 6.45) is 4.26. The number of aliphatic hydroxyl groups is 1. The SMILES string of the molecule is CC[C@H]1CN2CC[C@H]1C[C@H]2[C@H](O)c1ccnc2c(N=Nc3ccccc3)cc(OC)c(O)c12. The summed E-state index contributed by atoms with van der Waals surface area (Å²) in [5.41, 5.74) is 2.34. The molecule has 1 unspecified atom stereocenters. The van der Waals surface area contributed by atoms with Crippen molar-refractivity contribution in [2.45, 2.75) is 38.3 Å². The molecule has 0 spiro atoms. The molecule has 2 aromatic carbocycles. The van der Waals surface area contributed by atoms with Crippen LogP contribution in [0.4, 0.5) is 11.4 Å². The highest BCUT2D eigenvalue weighted by Crippen LogP contribution is 2.47. The first-order valence-electron chi connectivity index (χ1n) is 11.7. The predicted octanol–water partition coefficient (Wildman–Crippen LogP) is 5.52. The molecule has 0 amide bonds. The van der Waals surface area contributed by atoms with Gasteiger partial charge in [0, 0.05) is 24.8 Å². The van der Waals surface area contributed by atoms with E-state index in [2.05, 4.69) is 27.0 Å². The van der Waals surface area contributed by atoms with Gasteiger partial charge in [-0.3, -0.25) is 9.88 Å². The molecule has 0 radical (unpaired) electrons. The van der Waals surface area contributed by atoms with Crippen LogP contribution >= 0.6 is 0 Å². The Balaban J connectivity index is 1.57. The normalized spacial score (nSPS) is 25.5. The Morgan fingerprint density at radius 2 is 2.03 bits per heavy atom. The third-order valence-corrected chi connectivity index (χ3v) is 7.36. The van der Waals surface area contributed by atoms with E-state index in [1.165, 1.54) is 20.0 Å². The van der Waals surface area contributed by atoms with Crippen LogP contribution in [0.3, 0.4) is 0 Å². The van der Waals surface area contributed by atoms with Gasteiger partial charge in [-0.05, 0) is 55.0 Å². The summed E-state index contributed by atoms with van der Waals surface area (Å²) in [6.45, 7) is 4.29. The summed E-state index contributed by atoms with van der Waals surface area (Å²) in [6, 6.07) is 12.9. The van der Waals surface area contributed by atoms with Gasteiger partial charge in [0.1, 0.15) is 11.2 Å². The van der Waals surface area contributed by atoms with E-state index >= 15 is 0 Å². The van der Waals surface area contributed by atoms with Crippen LogP contribution in [-0.2, 0) is 0 Å². The Labute approximate surface area is 193 Å². The number of piperidine rings is 3. The van der Waals surface area contributed by atoms with Gasteiger partial charge in [0.2, 0.25) is 0 Å². The Bertz CT molecular complexity index is 1170. The number of phenolic OH excluding ortho intramolecular Hbond substituents is 1. The highest BCUT2D eigenvalue weighted by atomic mass is 16.5. The number of aromatic nitrogens is 1. The van der Waals surface area contributed by atoms with Crippen LogP contribution in [-0.4, -0.2) is 46.3 Å². The van der Waals surface area contributed by atoms with Gasteiger partial charge < -0.3 is 14.9 Å². The average Bonchev–Trinajstić information content (AvgIpc) is 2.88. The fraction of sp³-hybridized carbons (Fsp3) is 0.423. The highest BCUT2D eigenvalue weighted by molar-refractivity contribution is 5.98. The molecule has 7 nitrogen and oxygen atoms in total. The smallest absolute Gasteiger partial charge is 0.167 e. The monoisotopic (exact) mass is 446 g/mol. The number of pyridine rings is 1. The molecule has 3 aliphatic rings. The standard InChI is InChI=1S/C26H30N4O3/c1-3-16-15-30-12-10-17(16)13-21(30)25(31)19-9-11-27-24-20(14-22(33-2)26(32)23(19)24)29-28-18-7-5-4-6-8-18/h4-9,11,14,16-17,21,25,31-32H,3,10,12-13,15H2,1-2H3/t16-,17-,21-,25+/m0/s1. The zero-order valence-corrected chi connectivity index (χ0v) is 19.1. The number of rotatable bonds is 6. The molecule has 5 atom stereocenters. The Hall–Kier alpha value is -3.03. The zero-order valence-electron chi connectivity index (χ0n) is 19.1. The topological polar surface area (TPSA) is 90.5 Å². The number of fused-ring (bicyclic) bond motifs is 4. The lowest BCUT2D eigenvalue weighted by molar-refractivity contribution is -0.0562. The highest BCUT2D eigenvalue weighted by Gasteiger charge is 2.42. The molecule has 33 heavy (non-hydrogen) atoms.